The Morgan fingerprint density at radius 2 is 2.19 bits per heavy atom. The molecule has 1 aromatic heterocycles. The van der Waals surface area contributed by atoms with E-state index in [1.165, 1.54) is 11.3 Å². The SMILES string of the molecule is CCC(=O)N(Cc1cccc(Cl)c1C)c1nc(N2CCOCC2)sc1C#N. The molecule has 2 aromatic rings. The van der Waals surface area contributed by atoms with Crippen LogP contribution in [0, 0.1) is 18.3 Å². The highest BCUT2D eigenvalue weighted by atomic mass is 35.5. The summed E-state index contributed by atoms with van der Waals surface area (Å²) in [6.45, 7) is 6.80. The number of benzene rings is 1. The number of halogens is 1. The van der Waals surface area contributed by atoms with Crippen molar-refractivity contribution in [3.05, 3.63) is 39.2 Å². The summed E-state index contributed by atoms with van der Waals surface area (Å²) >= 11 is 7.55. The highest BCUT2D eigenvalue weighted by Crippen LogP contribution is 2.34. The maximum atomic E-state index is 12.7. The van der Waals surface area contributed by atoms with Gasteiger partial charge < -0.3 is 9.64 Å². The molecule has 0 atom stereocenters. The van der Waals surface area contributed by atoms with E-state index in [4.69, 9.17) is 16.3 Å². The van der Waals surface area contributed by atoms with Crippen LogP contribution in [-0.4, -0.2) is 37.2 Å². The van der Waals surface area contributed by atoms with Crippen LogP contribution < -0.4 is 9.80 Å². The molecule has 1 aliphatic heterocycles. The molecule has 0 aliphatic carbocycles. The van der Waals surface area contributed by atoms with E-state index in [1.54, 1.807) is 4.90 Å². The van der Waals surface area contributed by atoms with Gasteiger partial charge in [-0.1, -0.05) is 42.0 Å². The molecule has 142 valence electrons. The number of carbonyl (C=O) groups is 1. The summed E-state index contributed by atoms with van der Waals surface area (Å²) in [5, 5.41) is 11.0. The van der Waals surface area contributed by atoms with E-state index < -0.39 is 0 Å². The van der Waals surface area contributed by atoms with Crippen LogP contribution in [0.3, 0.4) is 0 Å². The Kier molecular flexibility index (Phi) is 6.32. The molecule has 1 aliphatic rings. The van der Waals surface area contributed by atoms with Gasteiger partial charge in [0.1, 0.15) is 6.07 Å². The molecular formula is C19H21ClN4O2S. The first-order chi connectivity index (χ1) is 13.0. The number of hydrogen-bond acceptors (Lipinski definition) is 6. The molecule has 3 rings (SSSR count). The minimum Gasteiger partial charge on any atom is -0.378 e. The summed E-state index contributed by atoms with van der Waals surface area (Å²) in [4.78, 5) is 21.5. The molecule has 1 saturated heterocycles. The number of amides is 1. The smallest absolute Gasteiger partial charge is 0.228 e. The topological polar surface area (TPSA) is 69.5 Å². The molecule has 8 heteroatoms. The number of thiazole rings is 1. The number of carbonyl (C=O) groups excluding carboxylic acids is 1. The fourth-order valence-electron chi connectivity index (χ4n) is 2.91. The van der Waals surface area contributed by atoms with Gasteiger partial charge in [0.15, 0.2) is 15.8 Å². The van der Waals surface area contributed by atoms with E-state index in [9.17, 15) is 10.1 Å². The predicted molar refractivity (Wildman–Crippen MR) is 108 cm³/mol. The minimum atomic E-state index is -0.0790. The zero-order valence-corrected chi connectivity index (χ0v) is 16.9. The maximum absolute atomic E-state index is 12.7. The lowest BCUT2D eigenvalue weighted by molar-refractivity contribution is -0.118. The van der Waals surface area contributed by atoms with Gasteiger partial charge >= 0.3 is 0 Å². The molecule has 0 N–H and O–H groups in total. The summed E-state index contributed by atoms with van der Waals surface area (Å²) < 4.78 is 5.38. The standard InChI is InChI=1S/C19H21ClN4O2S/c1-3-17(25)24(12-14-5-4-6-15(20)13(14)2)18-16(11-21)27-19(22-18)23-7-9-26-10-8-23/h4-6H,3,7-10,12H2,1-2H3. The quantitative estimate of drug-likeness (QED) is 0.758. The lowest BCUT2D eigenvalue weighted by atomic mass is 10.1. The van der Waals surface area contributed by atoms with Crippen molar-refractivity contribution in [1.82, 2.24) is 4.98 Å². The van der Waals surface area contributed by atoms with Crippen molar-refractivity contribution in [1.29, 1.82) is 5.26 Å². The van der Waals surface area contributed by atoms with Crippen molar-refractivity contribution in [3.8, 4) is 6.07 Å². The number of ether oxygens (including phenoxy) is 1. The predicted octanol–water partition coefficient (Wildman–Crippen LogP) is 3.76. The minimum absolute atomic E-state index is 0.0790. The molecule has 0 unspecified atom stereocenters. The van der Waals surface area contributed by atoms with E-state index in [-0.39, 0.29) is 5.91 Å². The van der Waals surface area contributed by atoms with Crippen molar-refractivity contribution in [2.45, 2.75) is 26.8 Å². The van der Waals surface area contributed by atoms with E-state index in [1.807, 2.05) is 32.0 Å². The van der Waals surface area contributed by atoms with Crippen LogP contribution in [0.4, 0.5) is 10.9 Å². The number of aromatic nitrogens is 1. The normalized spacial score (nSPS) is 14.1. The number of nitrogens with zero attached hydrogens (tertiary/aromatic N) is 4. The van der Waals surface area contributed by atoms with Crippen molar-refractivity contribution in [2.75, 3.05) is 36.1 Å². The molecule has 1 amide bonds. The van der Waals surface area contributed by atoms with Crippen molar-refractivity contribution < 1.29 is 9.53 Å². The Morgan fingerprint density at radius 3 is 2.85 bits per heavy atom. The summed E-state index contributed by atoms with van der Waals surface area (Å²) in [5.74, 6) is 0.347. The first-order valence-corrected chi connectivity index (χ1v) is 10.0. The average Bonchev–Trinajstić information content (AvgIpc) is 3.13. The molecule has 1 fully saturated rings. The Balaban J connectivity index is 1.97. The zero-order chi connectivity index (χ0) is 19.4. The van der Waals surface area contributed by atoms with Gasteiger partial charge in [-0.15, -0.1) is 0 Å². The van der Waals surface area contributed by atoms with Gasteiger partial charge in [-0.05, 0) is 24.1 Å². The third-order valence-electron chi connectivity index (χ3n) is 4.55. The van der Waals surface area contributed by atoms with Crippen molar-refractivity contribution in [3.63, 3.8) is 0 Å². The fraction of sp³-hybridized carbons (Fsp3) is 0.421. The lowest BCUT2D eigenvalue weighted by Crippen LogP contribution is -2.36. The maximum Gasteiger partial charge on any atom is 0.228 e. The Labute approximate surface area is 167 Å². The van der Waals surface area contributed by atoms with Crippen LogP contribution in [0.2, 0.25) is 5.02 Å². The van der Waals surface area contributed by atoms with Gasteiger partial charge in [-0.2, -0.15) is 5.26 Å². The zero-order valence-electron chi connectivity index (χ0n) is 15.4. The first-order valence-electron chi connectivity index (χ1n) is 8.83. The monoisotopic (exact) mass is 404 g/mol. The number of hydrogen-bond donors (Lipinski definition) is 0. The van der Waals surface area contributed by atoms with E-state index in [0.29, 0.717) is 41.9 Å². The van der Waals surface area contributed by atoms with Crippen molar-refractivity contribution >= 4 is 39.8 Å². The summed E-state index contributed by atoms with van der Waals surface area (Å²) in [6.07, 6.45) is 0.328. The molecule has 0 saturated carbocycles. The molecule has 1 aromatic carbocycles. The summed E-state index contributed by atoms with van der Waals surface area (Å²) in [6, 6.07) is 7.84. The Bertz CT molecular complexity index is 871. The molecule has 6 nitrogen and oxygen atoms in total. The van der Waals surface area contributed by atoms with Gasteiger partial charge in [0.05, 0.1) is 19.8 Å². The summed E-state index contributed by atoms with van der Waals surface area (Å²) in [5.41, 5.74) is 1.87. The second kappa shape index (κ2) is 8.70. The van der Waals surface area contributed by atoms with Gasteiger partial charge in [0, 0.05) is 24.5 Å². The van der Waals surface area contributed by atoms with Gasteiger partial charge in [0.2, 0.25) is 5.91 Å². The molecule has 2 heterocycles. The molecule has 0 radical (unpaired) electrons. The molecule has 27 heavy (non-hydrogen) atoms. The highest BCUT2D eigenvalue weighted by Gasteiger charge is 2.25. The number of morpholine rings is 1. The van der Waals surface area contributed by atoms with Crippen LogP contribution in [0.5, 0.6) is 0 Å². The van der Waals surface area contributed by atoms with Crippen LogP contribution in [0.25, 0.3) is 0 Å². The summed E-state index contributed by atoms with van der Waals surface area (Å²) in [7, 11) is 0. The second-order valence-corrected chi connectivity index (χ2v) is 7.60. The third kappa shape index (κ3) is 4.24. The van der Waals surface area contributed by atoms with Crippen LogP contribution >= 0.6 is 22.9 Å². The Hall–Kier alpha value is -2.14. The van der Waals surface area contributed by atoms with E-state index in [0.717, 1.165) is 29.3 Å². The van der Waals surface area contributed by atoms with Crippen LogP contribution in [0.1, 0.15) is 29.3 Å². The number of anilines is 2. The second-order valence-electron chi connectivity index (χ2n) is 6.22. The highest BCUT2D eigenvalue weighted by molar-refractivity contribution is 7.16. The number of rotatable bonds is 5. The van der Waals surface area contributed by atoms with E-state index in [2.05, 4.69) is 16.0 Å². The average molecular weight is 405 g/mol. The van der Waals surface area contributed by atoms with E-state index >= 15 is 0 Å². The Morgan fingerprint density at radius 1 is 1.44 bits per heavy atom. The van der Waals surface area contributed by atoms with Gasteiger partial charge in [0.25, 0.3) is 0 Å². The molecule has 0 spiro atoms. The van der Waals surface area contributed by atoms with Crippen molar-refractivity contribution in [2.24, 2.45) is 0 Å². The largest absolute Gasteiger partial charge is 0.378 e. The molecule has 0 bridgehead atoms. The van der Waals surface area contributed by atoms with Crippen LogP contribution in [0.15, 0.2) is 18.2 Å². The van der Waals surface area contributed by atoms with Gasteiger partial charge in [-0.3, -0.25) is 9.69 Å². The lowest BCUT2D eigenvalue weighted by Gasteiger charge is -2.26. The fourth-order valence-corrected chi connectivity index (χ4v) is 4.03. The first kappa shape index (κ1) is 19.6. The van der Waals surface area contributed by atoms with Crippen LogP contribution in [-0.2, 0) is 16.1 Å². The molecular weight excluding hydrogens is 384 g/mol. The third-order valence-corrected chi connectivity index (χ3v) is 5.97. The van der Waals surface area contributed by atoms with Gasteiger partial charge in [-0.25, -0.2) is 4.98 Å². The number of nitriles is 1.